The number of aliphatic hydroxyl groups is 1. The molecule has 0 spiro atoms. The molecule has 8 heteroatoms. The Hall–Kier alpha value is -1.57. The maximum atomic E-state index is 12.4. The van der Waals surface area contributed by atoms with E-state index in [1.807, 2.05) is 13.0 Å². The van der Waals surface area contributed by atoms with Gasteiger partial charge in [-0.15, -0.1) is 0 Å². The minimum absolute atomic E-state index is 0.0823. The van der Waals surface area contributed by atoms with Gasteiger partial charge in [0.25, 0.3) is 5.91 Å². The lowest BCUT2D eigenvalue weighted by molar-refractivity contribution is -0.136. The number of esters is 1. The normalized spacial score (nSPS) is 14.5. The van der Waals surface area contributed by atoms with E-state index in [0.717, 1.165) is 10.0 Å². The van der Waals surface area contributed by atoms with Crippen molar-refractivity contribution in [1.82, 2.24) is 4.90 Å². The average Bonchev–Trinajstić information content (AvgIpc) is 2.81. The summed E-state index contributed by atoms with van der Waals surface area (Å²) >= 11 is 9.63. The SMILES string of the molecule is COC(=O)C1=C(Nc2cc(Br)cc(C)c2Cl)C(=O)N(CCO)C1. The summed E-state index contributed by atoms with van der Waals surface area (Å²) in [4.78, 5) is 25.7. The van der Waals surface area contributed by atoms with Crippen LogP contribution in [0, 0.1) is 6.92 Å². The number of aryl methyl sites for hydroxylation is 1. The largest absolute Gasteiger partial charge is 0.466 e. The van der Waals surface area contributed by atoms with Crippen molar-refractivity contribution >= 4 is 45.1 Å². The third-order valence-corrected chi connectivity index (χ3v) is 4.39. The van der Waals surface area contributed by atoms with E-state index in [1.165, 1.54) is 12.0 Å². The summed E-state index contributed by atoms with van der Waals surface area (Å²) in [7, 11) is 1.25. The van der Waals surface area contributed by atoms with Gasteiger partial charge in [0.05, 0.1) is 36.5 Å². The van der Waals surface area contributed by atoms with Gasteiger partial charge in [0, 0.05) is 11.0 Å². The number of hydrogen-bond donors (Lipinski definition) is 2. The van der Waals surface area contributed by atoms with E-state index in [4.69, 9.17) is 21.4 Å². The highest BCUT2D eigenvalue weighted by Crippen LogP contribution is 2.32. The Bertz CT molecular complexity index is 690. The Kier molecular flexibility index (Phi) is 5.67. The number of halogens is 2. The zero-order valence-electron chi connectivity index (χ0n) is 12.7. The van der Waals surface area contributed by atoms with E-state index in [1.54, 1.807) is 6.07 Å². The van der Waals surface area contributed by atoms with Gasteiger partial charge in [-0.05, 0) is 24.6 Å². The molecule has 1 aromatic carbocycles. The lowest BCUT2D eigenvalue weighted by Crippen LogP contribution is -2.31. The van der Waals surface area contributed by atoms with Gasteiger partial charge >= 0.3 is 5.97 Å². The number of nitrogens with zero attached hydrogens (tertiary/aromatic N) is 1. The highest BCUT2D eigenvalue weighted by molar-refractivity contribution is 9.10. The first-order valence-electron chi connectivity index (χ1n) is 6.83. The lowest BCUT2D eigenvalue weighted by atomic mass is 10.2. The third-order valence-electron chi connectivity index (χ3n) is 3.43. The van der Waals surface area contributed by atoms with Crippen LogP contribution in [0.5, 0.6) is 0 Å². The summed E-state index contributed by atoms with van der Waals surface area (Å²) in [6.07, 6.45) is 0. The van der Waals surface area contributed by atoms with Crippen molar-refractivity contribution in [2.24, 2.45) is 0 Å². The number of amides is 1. The van der Waals surface area contributed by atoms with Crippen molar-refractivity contribution in [1.29, 1.82) is 0 Å². The van der Waals surface area contributed by atoms with E-state index >= 15 is 0 Å². The van der Waals surface area contributed by atoms with Crippen LogP contribution in [0.25, 0.3) is 0 Å². The van der Waals surface area contributed by atoms with Crippen LogP contribution in [-0.2, 0) is 14.3 Å². The van der Waals surface area contributed by atoms with E-state index in [0.29, 0.717) is 10.7 Å². The number of methoxy groups -OCH3 is 1. The second-order valence-corrected chi connectivity index (χ2v) is 6.30. The molecule has 6 nitrogen and oxygen atoms in total. The molecule has 23 heavy (non-hydrogen) atoms. The first kappa shape index (κ1) is 17.8. The topological polar surface area (TPSA) is 78.9 Å². The summed E-state index contributed by atoms with van der Waals surface area (Å²) in [5.74, 6) is -0.975. The summed E-state index contributed by atoms with van der Waals surface area (Å²) < 4.78 is 5.53. The van der Waals surface area contributed by atoms with Crippen LogP contribution >= 0.6 is 27.5 Å². The Balaban J connectivity index is 2.41. The van der Waals surface area contributed by atoms with Crippen LogP contribution in [0.2, 0.25) is 5.02 Å². The summed E-state index contributed by atoms with van der Waals surface area (Å²) in [5.41, 5.74) is 1.65. The maximum absolute atomic E-state index is 12.4. The minimum atomic E-state index is -0.593. The molecule has 2 rings (SSSR count). The molecule has 0 saturated heterocycles. The van der Waals surface area contributed by atoms with E-state index in [-0.39, 0.29) is 36.9 Å². The maximum Gasteiger partial charge on any atom is 0.337 e. The molecule has 1 heterocycles. The van der Waals surface area contributed by atoms with Gasteiger partial charge in [0.2, 0.25) is 0 Å². The van der Waals surface area contributed by atoms with Crippen LogP contribution in [0.4, 0.5) is 5.69 Å². The highest BCUT2D eigenvalue weighted by Gasteiger charge is 2.34. The predicted octanol–water partition coefficient (Wildman–Crippen LogP) is 2.08. The van der Waals surface area contributed by atoms with Gasteiger partial charge in [-0.25, -0.2) is 4.79 Å². The molecule has 0 bridgehead atoms. The number of aliphatic hydroxyl groups excluding tert-OH is 1. The van der Waals surface area contributed by atoms with Crippen LogP contribution < -0.4 is 5.32 Å². The number of hydrogen-bond acceptors (Lipinski definition) is 5. The number of ether oxygens (including phenoxy) is 1. The number of rotatable bonds is 5. The van der Waals surface area contributed by atoms with Crippen molar-refractivity contribution in [3.05, 3.63) is 38.5 Å². The number of nitrogens with one attached hydrogen (secondary N) is 1. The number of anilines is 1. The molecule has 0 saturated carbocycles. The minimum Gasteiger partial charge on any atom is -0.466 e. The van der Waals surface area contributed by atoms with Crippen LogP contribution in [-0.4, -0.2) is 48.7 Å². The second-order valence-electron chi connectivity index (χ2n) is 5.00. The van der Waals surface area contributed by atoms with E-state index in [9.17, 15) is 9.59 Å². The van der Waals surface area contributed by atoms with Gasteiger partial charge < -0.3 is 20.1 Å². The standard InChI is InChI=1S/C15H16BrClN2O4/c1-8-5-9(16)6-11(12(8)17)18-13-10(15(22)23-2)7-19(3-4-20)14(13)21/h5-6,18,20H,3-4,7H2,1-2H3. The molecule has 1 amide bonds. The number of carbonyl (C=O) groups is 2. The first-order chi connectivity index (χ1) is 10.9. The third kappa shape index (κ3) is 3.68. The van der Waals surface area contributed by atoms with Crippen molar-refractivity contribution in [3.63, 3.8) is 0 Å². The molecular weight excluding hydrogens is 388 g/mol. The molecule has 0 fully saturated rings. The Labute approximate surface area is 147 Å². The van der Waals surface area contributed by atoms with Gasteiger partial charge in [-0.2, -0.15) is 0 Å². The Morgan fingerprint density at radius 1 is 1.52 bits per heavy atom. The number of β-amino-alcohol motifs (C(OH)–C–C–N with tert-alkyl or cyclic N) is 1. The summed E-state index contributed by atoms with van der Waals surface area (Å²) in [5, 5.41) is 12.4. The fraction of sp³-hybridized carbons (Fsp3) is 0.333. The van der Waals surface area contributed by atoms with Gasteiger partial charge in [-0.3, -0.25) is 4.79 Å². The van der Waals surface area contributed by atoms with Gasteiger partial charge in [0.15, 0.2) is 0 Å². The zero-order chi connectivity index (χ0) is 17.1. The predicted molar refractivity (Wildman–Crippen MR) is 90.2 cm³/mol. The smallest absolute Gasteiger partial charge is 0.337 e. The van der Waals surface area contributed by atoms with Crippen molar-refractivity contribution in [2.75, 3.05) is 32.1 Å². The summed E-state index contributed by atoms with van der Waals surface area (Å²) in [6, 6.07) is 3.57. The highest BCUT2D eigenvalue weighted by atomic mass is 79.9. The monoisotopic (exact) mass is 402 g/mol. The average molecular weight is 404 g/mol. The molecule has 1 aliphatic rings. The van der Waals surface area contributed by atoms with Gasteiger partial charge in [-0.1, -0.05) is 27.5 Å². The molecule has 0 aromatic heterocycles. The molecule has 1 aliphatic heterocycles. The Morgan fingerprint density at radius 2 is 2.22 bits per heavy atom. The van der Waals surface area contributed by atoms with Gasteiger partial charge in [0.1, 0.15) is 5.70 Å². The molecule has 1 aromatic rings. The molecule has 124 valence electrons. The molecule has 0 aliphatic carbocycles. The Morgan fingerprint density at radius 3 is 2.83 bits per heavy atom. The molecule has 0 unspecified atom stereocenters. The molecule has 2 N–H and O–H groups in total. The van der Waals surface area contributed by atoms with E-state index < -0.39 is 5.97 Å². The number of carbonyl (C=O) groups excluding carboxylic acids is 2. The lowest BCUT2D eigenvalue weighted by Gasteiger charge is -2.15. The second kappa shape index (κ2) is 7.33. The van der Waals surface area contributed by atoms with Crippen molar-refractivity contribution in [3.8, 4) is 0 Å². The molecular formula is C15H16BrClN2O4. The van der Waals surface area contributed by atoms with Crippen LogP contribution in [0.3, 0.4) is 0 Å². The quantitative estimate of drug-likeness (QED) is 0.736. The fourth-order valence-corrected chi connectivity index (χ4v) is 3.03. The van der Waals surface area contributed by atoms with Crippen molar-refractivity contribution < 1.29 is 19.4 Å². The molecule has 0 radical (unpaired) electrons. The van der Waals surface area contributed by atoms with E-state index in [2.05, 4.69) is 21.2 Å². The first-order valence-corrected chi connectivity index (χ1v) is 8.00. The van der Waals surface area contributed by atoms with Crippen molar-refractivity contribution in [2.45, 2.75) is 6.92 Å². The van der Waals surface area contributed by atoms with Crippen LogP contribution in [0.15, 0.2) is 27.9 Å². The zero-order valence-corrected chi connectivity index (χ0v) is 15.0. The number of benzene rings is 1. The fourth-order valence-electron chi connectivity index (χ4n) is 2.30. The summed E-state index contributed by atoms with van der Waals surface area (Å²) in [6.45, 7) is 1.86. The molecule has 0 atom stereocenters. The van der Waals surface area contributed by atoms with Crippen LogP contribution in [0.1, 0.15) is 5.56 Å².